The molecule has 4 heteroatoms. The lowest BCUT2D eigenvalue weighted by atomic mass is 10.2. The van der Waals surface area contributed by atoms with E-state index >= 15 is 0 Å². The standard InChI is InChI=1S/C11H9FO2S/c1-8(13)15-7-3-4-9-10(12)5-2-6-11(9)14/h2,5-6,14H,7H2,1H3. The zero-order valence-electron chi connectivity index (χ0n) is 8.08. The van der Waals surface area contributed by atoms with Gasteiger partial charge in [-0.05, 0) is 12.1 Å². The smallest absolute Gasteiger partial charge is 0.186 e. The number of rotatable bonds is 1. The Morgan fingerprint density at radius 3 is 2.93 bits per heavy atom. The summed E-state index contributed by atoms with van der Waals surface area (Å²) in [7, 11) is 0. The van der Waals surface area contributed by atoms with Crippen LogP contribution in [0, 0.1) is 17.7 Å². The lowest BCUT2D eigenvalue weighted by Gasteiger charge is -1.96. The average Bonchev–Trinajstić information content (AvgIpc) is 2.15. The van der Waals surface area contributed by atoms with Crippen LogP contribution >= 0.6 is 11.8 Å². The van der Waals surface area contributed by atoms with Crippen LogP contribution < -0.4 is 0 Å². The molecule has 0 aliphatic carbocycles. The summed E-state index contributed by atoms with van der Waals surface area (Å²) in [6.45, 7) is 1.44. The van der Waals surface area contributed by atoms with Crippen molar-refractivity contribution in [1.29, 1.82) is 0 Å². The van der Waals surface area contributed by atoms with Crippen molar-refractivity contribution < 1.29 is 14.3 Å². The van der Waals surface area contributed by atoms with Crippen LogP contribution in [0.2, 0.25) is 0 Å². The van der Waals surface area contributed by atoms with E-state index in [1.807, 2.05) is 0 Å². The van der Waals surface area contributed by atoms with Gasteiger partial charge in [0.25, 0.3) is 0 Å². The molecule has 0 saturated carbocycles. The van der Waals surface area contributed by atoms with Crippen molar-refractivity contribution in [3.8, 4) is 17.6 Å². The summed E-state index contributed by atoms with van der Waals surface area (Å²) in [5.74, 6) is 4.65. The van der Waals surface area contributed by atoms with Crippen molar-refractivity contribution in [2.24, 2.45) is 0 Å². The number of aromatic hydroxyl groups is 1. The second kappa shape index (κ2) is 5.42. The van der Waals surface area contributed by atoms with Crippen LogP contribution in [-0.4, -0.2) is 16.0 Å². The molecular formula is C11H9FO2S. The highest BCUT2D eigenvalue weighted by Gasteiger charge is 2.03. The Balaban J connectivity index is 2.75. The van der Waals surface area contributed by atoms with Crippen LogP contribution in [0.5, 0.6) is 5.75 Å². The summed E-state index contributed by atoms with van der Waals surface area (Å²) in [5, 5.41) is 9.24. The van der Waals surface area contributed by atoms with E-state index < -0.39 is 5.82 Å². The van der Waals surface area contributed by atoms with E-state index in [0.717, 1.165) is 11.8 Å². The Kier molecular flexibility index (Phi) is 4.19. The van der Waals surface area contributed by atoms with Crippen molar-refractivity contribution in [2.45, 2.75) is 6.92 Å². The van der Waals surface area contributed by atoms with Crippen LogP contribution in [0.3, 0.4) is 0 Å². The summed E-state index contributed by atoms with van der Waals surface area (Å²) in [4.78, 5) is 10.6. The molecule has 0 unspecified atom stereocenters. The zero-order chi connectivity index (χ0) is 11.3. The summed E-state index contributed by atoms with van der Waals surface area (Å²) < 4.78 is 13.1. The maximum atomic E-state index is 13.1. The number of carbonyl (C=O) groups excluding carboxylic acids is 1. The van der Waals surface area contributed by atoms with Crippen molar-refractivity contribution in [3.05, 3.63) is 29.6 Å². The number of halogens is 1. The van der Waals surface area contributed by atoms with E-state index in [2.05, 4.69) is 11.8 Å². The summed E-state index contributed by atoms with van der Waals surface area (Å²) in [6, 6.07) is 3.99. The van der Waals surface area contributed by atoms with Crippen molar-refractivity contribution in [1.82, 2.24) is 0 Å². The quantitative estimate of drug-likeness (QED) is 0.743. The number of carbonyl (C=O) groups is 1. The van der Waals surface area contributed by atoms with E-state index in [1.165, 1.54) is 25.1 Å². The molecule has 15 heavy (non-hydrogen) atoms. The van der Waals surface area contributed by atoms with Gasteiger partial charge >= 0.3 is 0 Å². The SMILES string of the molecule is CC(=O)SCC#Cc1c(O)cccc1F. The first-order valence-corrected chi connectivity index (χ1v) is 5.19. The van der Waals surface area contributed by atoms with E-state index in [4.69, 9.17) is 0 Å². The van der Waals surface area contributed by atoms with Crippen molar-refractivity contribution in [2.75, 3.05) is 5.75 Å². The molecule has 0 fully saturated rings. The number of hydrogen-bond acceptors (Lipinski definition) is 3. The third-order valence-corrected chi connectivity index (χ3v) is 2.25. The number of benzene rings is 1. The molecule has 0 bridgehead atoms. The topological polar surface area (TPSA) is 37.3 Å². The summed E-state index contributed by atoms with van der Waals surface area (Å²) in [6.07, 6.45) is 0. The van der Waals surface area contributed by atoms with Crippen LogP contribution in [0.15, 0.2) is 18.2 Å². The molecule has 1 aromatic carbocycles. The van der Waals surface area contributed by atoms with E-state index in [0.29, 0.717) is 5.75 Å². The van der Waals surface area contributed by atoms with Gasteiger partial charge in [-0.2, -0.15) is 0 Å². The van der Waals surface area contributed by atoms with Gasteiger partial charge in [-0.25, -0.2) is 4.39 Å². The molecule has 0 saturated heterocycles. The van der Waals surface area contributed by atoms with Crippen LogP contribution in [-0.2, 0) is 4.79 Å². The first-order valence-electron chi connectivity index (χ1n) is 4.21. The third-order valence-electron chi connectivity index (χ3n) is 1.55. The van der Waals surface area contributed by atoms with Crippen LogP contribution in [0.1, 0.15) is 12.5 Å². The van der Waals surface area contributed by atoms with Gasteiger partial charge in [-0.15, -0.1) is 0 Å². The molecule has 1 aromatic rings. The largest absolute Gasteiger partial charge is 0.507 e. The minimum absolute atomic E-state index is 0.0262. The minimum atomic E-state index is -0.560. The molecule has 78 valence electrons. The Morgan fingerprint density at radius 1 is 1.60 bits per heavy atom. The highest BCUT2D eigenvalue weighted by atomic mass is 32.2. The fraction of sp³-hybridized carbons (Fsp3) is 0.182. The minimum Gasteiger partial charge on any atom is -0.507 e. The monoisotopic (exact) mass is 224 g/mol. The van der Waals surface area contributed by atoms with E-state index in [1.54, 1.807) is 0 Å². The predicted molar refractivity (Wildman–Crippen MR) is 58.1 cm³/mol. The Hall–Kier alpha value is -1.47. The van der Waals surface area contributed by atoms with Gasteiger partial charge in [0.05, 0.1) is 5.75 Å². The Morgan fingerprint density at radius 2 is 2.33 bits per heavy atom. The lowest BCUT2D eigenvalue weighted by molar-refractivity contribution is -0.109. The highest BCUT2D eigenvalue weighted by molar-refractivity contribution is 8.13. The Labute approximate surface area is 91.5 Å². The average molecular weight is 224 g/mol. The first kappa shape index (κ1) is 11.6. The van der Waals surface area contributed by atoms with Gasteiger partial charge in [0.1, 0.15) is 17.1 Å². The molecule has 0 aromatic heterocycles. The predicted octanol–water partition coefficient (Wildman–Crippen LogP) is 2.16. The molecule has 1 rings (SSSR count). The lowest BCUT2D eigenvalue weighted by Crippen LogP contribution is -1.85. The summed E-state index contributed by atoms with van der Waals surface area (Å²) in [5.41, 5.74) is -0.0262. The van der Waals surface area contributed by atoms with Gasteiger partial charge in [-0.1, -0.05) is 29.7 Å². The Bertz CT molecular complexity index is 412. The van der Waals surface area contributed by atoms with Gasteiger partial charge in [0, 0.05) is 6.92 Å². The van der Waals surface area contributed by atoms with Crippen molar-refractivity contribution in [3.63, 3.8) is 0 Å². The normalized spacial score (nSPS) is 9.20. The molecule has 1 N–H and O–H groups in total. The van der Waals surface area contributed by atoms with E-state index in [-0.39, 0.29) is 16.4 Å². The molecule has 0 radical (unpaired) electrons. The number of hydrogen-bond donors (Lipinski definition) is 1. The van der Waals surface area contributed by atoms with Crippen LogP contribution in [0.4, 0.5) is 4.39 Å². The highest BCUT2D eigenvalue weighted by Crippen LogP contribution is 2.18. The number of thioether (sulfide) groups is 1. The van der Waals surface area contributed by atoms with Crippen molar-refractivity contribution >= 4 is 16.9 Å². The molecule has 0 atom stereocenters. The molecule has 0 aliphatic rings. The van der Waals surface area contributed by atoms with Gasteiger partial charge < -0.3 is 5.11 Å². The molecule has 0 spiro atoms. The van der Waals surface area contributed by atoms with Crippen LogP contribution in [0.25, 0.3) is 0 Å². The third kappa shape index (κ3) is 3.64. The number of phenolic OH excluding ortho intramolecular Hbond substituents is 1. The van der Waals surface area contributed by atoms with Gasteiger partial charge in [-0.3, -0.25) is 4.79 Å². The van der Waals surface area contributed by atoms with Gasteiger partial charge in [0.15, 0.2) is 5.12 Å². The van der Waals surface area contributed by atoms with Gasteiger partial charge in [0.2, 0.25) is 0 Å². The first-order chi connectivity index (χ1) is 7.11. The molecular weight excluding hydrogens is 215 g/mol. The summed E-state index contributed by atoms with van der Waals surface area (Å²) >= 11 is 1.05. The second-order valence-corrected chi connectivity index (χ2v) is 3.87. The maximum absolute atomic E-state index is 13.1. The second-order valence-electron chi connectivity index (χ2n) is 2.72. The molecule has 0 heterocycles. The maximum Gasteiger partial charge on any atom is 0.186 e. The zero-order valence-corrected chi connectivity index (χ0v) is 8.90. The molecule has 0 amide bonds. The number of phenols is 1. The van der Waals surface area contributed by atoms with E-state index in [9.17, 15) is 14.3 Å². The fourth-order valence-corrected chi connectivity index (χ4v) is 1.25. The fourth-order valence-electron chi connectivity index (χ4n) is 0.899. The molecule has 0 aliphatic heterocycles. The molecule has 2 nitrogen and oxygen atoms in total.